The Balaban J connectivity index is 2.21. The maximum Gasteiger partial charge on any atom is 0.0924 e. The molecule has 0 spiro atoms. The number of aromatic amines is 1. The SMILES string of the molecule is Cc1cc2cc(-c3cnc[nH]3)ccc2s1. The first-order chi connectivity index (χ1) is 7.33. The van der Waals surface area contributed by atoms with Crippen molar-refractivity contribution in [1.82, 2.24) is 9.97 Å². The molecule has 2 heterocycles. The number of nitrogens with zero attached hydrogens (tertiary/aromatic N) is 1. The second-order valence-corrected chi connectivity index (χ2v) is 4.86. The number of rotatable bonds is 1. The fourth-order valence-corrected chi connectivity index (χ4v) is 2.66. The van der Waals surface area contributed by atoms with Crippen LogP contribution < -0.4 is 0 Å². The molecular formula is C12H10N2S. The molecule has 0 bridgehead atoms. The fraction of sp³-hybridized carbons (Fsp3) is 0.0833. The van der Waals surface area contributed by atoms with Gasteiger partial charge in [-0.1, -0.05) is 6.07 Å². The molecule has 2 nitrogen and oxygen atoms in total. The summed E-state index contributed by atoms with van der Waals surface area (Å²) in [6, 6.07) is 8.72. The number of imidazole rings is 1. The number of hydrogen-bond donors (Lipinski definition) is 1. The summed E-state index contributed by atoms with van der Waals surface area (Å²) >= 11 is 1.83. The van der Waals surface area contributed by atoms with Crippen molar-refractivity contribution in [3.05, 3.63) is 41.7 Å². The lowest BCUT2D eigenvalue weighted by Crippen LogP contribution is -1.75. The minimum atomic E-state index is 1.07. The molecular weight excluding hydrogens is 204 g/mol. The van der Waals surface area contributed by atoms with Crippen molar-refractivity contribution in [3.63, 3.8) is 0 Å². The third-order valence-corrected chi connectivity index (χ3v) is 3.48. The van der Waals surface area contributed by atoms with Crippen LogP contribution in [0, 0.1) is 6.92 Å². The summed E-state index contributed by atoms with van der Waals surface area (Å²) in [5.41, 5.74) is 2.26. The zero-order valence-electron chi connectivity index (χ0n) is 8.32. The standard InChI is InChI=1S/C12H10N2S/c1-8-4-10-5-9(2-3-12(10)15-8)11-6-13-7-14-11/h2-7H,1H3,(H,13,14). The molecule has 0 aliphatic rings. The molecule has 1 N–H and O–H groups in total. The minimum Gasteiger partial charge on any atom is -0.345 e. The topological polar surface area (TPSA) is 28.7 Å². The van der Waals surface area contributed by atoms with E-state index in [0.29, 0.717) is 0 Å². The maximum atomic E-state index is 4.03. The van der Waals surface area contributed by atoms with Crippen LogP contribution in [0.1, 0.15) is 4.88 Å². The highest BCUT2D eigenvalue weighted by molar-refractivity contribution is 7.19. The van der Waals surface area contributed by atoms with Gasteiger partial charge < -0.3 is 4.98 Å². The van der Waals surface area contributed by atoms with E-state index in [4.69, 9.17) is 0 Å². The predicted octanol–water partition coefficient (Wildman–Crippen LogP) is 3.60. The van der Waals surface area contributed by atoms with Crippen LogP contribution in [-0.4, -0.2) is 9.97 Å². The van der Waals surface area contributed by atoms with Crippen LogP contribution in [0.25, 0.3) is 21.3 Å². The molecule has 3 heteroatoms. The molecule has 2 aromatic heterocycles. The van der Waals surface area contributed by atoms with Gasteiger partial charge in [-0.3, -0.25) is 0 Å². The van der Waals surface area contributed by atoms with Gasteiger partial charge in [0.15, 0.2) is 0 Å². The number of thiophene rings is 1. The lowest BCUT2D eigenvalue weighted by molar-refractivity contribution is 1.31. The van der Waals surface area contributed by atoms with E-state index in [9.17, 15) is 0 Å². The molecule has 0 saturated heterocycles. The smallest absolute Gasteiger partial charge is 0.0924 e. The molecule has 3 rings (SSSR count). The van der Waals surface area contributed by atoms with E-state index in [1.807, 2.05) is 17.5 Å². The Hall–Kier alpha value is -1.61. The van der Waals surface area contributed by atoms with E-state index in [1.54, 1.807) is 6.33 Å². The minimum absolute atomic E-state index is 1.07. The van der Waals surface area contributed by atoms with Gasteiger partial charge in [-0.25, -0.2) is 4.98 Å². The van der Waals surface area contributed by atoms with Gasteiger partial charge in [0.05, 0.1) is 18.2 Å². The Kier molecular flexibility index (Phi) is 1.86. The molecule has 0 fully saturated rings. The number of fused-ring (bicyclic) bond motifs is 1. The van der Waals surface area contributed by atoms with Gasteiger partial charge in [0.1, 0.15) is 0 Å². The van der Waals surface area contributed by atoms with E-state index in [-0.39, 0.29) is 0 Å². The lowest BCUT2D eigenvalue weighted by Gasteiger charge is -1.96. The second kappa shape index (κ2) is 3.21. The summed E-state index contributed by atoms with van der Waals surface area (Å²) in [6.45, 7) is 2.14. The molecule has 0 atom stereocenters. The third-order valence-electron chi connectivity index (χ3n) is 2.45. The van der Waals surface area contributed by atoms with E-state index < -0.39 is 0 Å². The second-order valence-electron chi connectivity index (χ2n) is 3.57. The summed E-state index contributed by atoms with van der Waals surface area (Å²) < 4.78 is 1.34. The summed E-state index contributed by atoms with van der Waals surface area (Å²) in [5, 5.41) is 1.31. The van der Waals surface area contributed by atoms with Crippen molar-refractivity contribution in [2.24, 2.45) is 0 Å². The molecule has 15 heavy (non-hydrogen) atoms. The molecule has 0 unspecified atom stereocenters. The molecule has 74 valence electrons. The lowest BCUT2D eigenvalue weighted by atomic mass is 10.1. The molecule has 0 aliphatic heterocycles. The van der Waals surface area contributed by atoms with E-state index in [0.717, 1.165) is 5.69 Å². The van der Waals surface area contributed by atoms with Crippen LogP contribution in [0.15, 0.2) is 36.8 Å². The number of aryl methyl sites for hydroxylation is 1. The number of H-pyrrole nitrogens is 1. The van der Waals surface area contributed by atoms with E-state index in [2.05, 4.69) is 41.2 Å². The number of nitrogens with one attached hydrogen (secondary N) is 1. The molecule has 0 saturated carbocycles. The van der Waals surface area contributed by atoms with Crippen molar-refractivity contribution in [2.45, 2.75) is 6.92 Å². The highest BCUT2D eigenvalue weighted by atomic mass is 32.1. The van der Waals surface area contributed by atoms with Gasteiger partial charge in [0.25, 0.3) is 0 Å². The average Bonchev–Trinajstić information content (AvgIpc) is 2.82. The molecule has 0 radical (unpaired) electrons. The van der Waals surface area contributed by atoms with Crippen LogP contribution in [0.4, 0.5) is 0 Å². The van der Waals surface area contributed by atoms with E-state index >= 15 is 0 Å². The van der Waals surface area contributed by atoms with Gasteiger partial charge in [-0.15, -0.1) is 11.3 Å². The first-order valence-corrected chi connectivity index (χ1v) is 5.63. The normalized spacial score (nSPS) is 11.0. The number of hydrogen-bond acceptors (Lipinski definition) is 2. The van der Waals surface area contributed by atoms with Gasteiger partial charge in [-0.2, -0.15) is 0 Å². The van der Waals surface area contributed by atoms with Gasteiger partial charge in [-0.05, 0) is 30.5 Å². The molecule has 0 aliphatic carbocycles. The summed E-state index contributed by atoms with van der Waals surface area (Å²) in [7, 11) is 0. The van der Waals surface area contributed by atoms with Crippen LogP contribution in [0.3, 0.4) is 0 Å². The van der Waals surface area contributed by atoms with Crippen LogP contribution in [0.2, 0.25) is 0 Å². The zero-order valence-corrected chi connectivity index (χ0v) is 9.14. The Morgan fingerprint density at radius 2 is 2.20 bits per heavy atom. The largest absolute Gasteiger partial charge is 0.345 e. The average molecular weight is 214 g/mol. The molecule has 1 aromatic carbocycles. The van der Waals surface area contributed by atoms with Gasteiger partial charge >= 0.3 is 0 Å². The van der Waals surface area contributed by atoms with Crippen molar-refractivity contribution in [3.8, 4) is 11.3 Å². The quantitative estimate of drug-likeness (QED) is 0.658. The van der Waals surface area contributed by atoms with Crippen molar-refractivity contribution >= 4 is 21.4 Å². The van der Waals surface area contributed by atoms with Gasteiger partial charge in [0, 0.05) is 15.1 Å². The monoisotopic (exact) mass is 214 g/mol. The summed E-state index contributed by atoms with van der Waals surface area (Å²) in [4.78, 5) is 8.50. The fourth-order valence-electron chi connectivity index (χ4n) is 1.76. The molecule has 0 amide bonds. The van der Waals surface area contributed by atoms with Crippen molar-refractivity contribution in [2.75, 3.05) is 0 Å². The summed E-state index contributed by atoms with van der Waals surface area (Å²) in [6.07, 6.45) is 3.55. The first-order valence-electron chi connectivity index (χ1n) is 4.82. The Labute approximate surface area is 91.6 Å². The van der Waals surface area contributed by atoms with Crippen LogP contribution >= 0.6 is 11.3 Å². The summed E-state index contributed by atoms with van der Waals surface area (Å²) in [5.74, 6) is 0. The van der Waals surface area contributed by atoms with Crippen molar-refractivity contribution in [1.29, 1.82) is 0 Å². The predicted molar refractivity (Wildman–Crippen MR) is 64.1 cm³/mol. The highest BCUT2D eigenvalue weighted by Gasteiger charge is 2.02. The molecule has 3 aromatic rings. The Bertz CT molecular complexity index is 593. The van der Waals surface area contributed by atoms with Gasteiger partial charge in [0.2, 0.25) is 0 Å². The number of aromatic nitrogens is 2. The van der Waals surface area contributed by atoms with Crippen LogP contribution in [0.5, 0.6) is 0 Å². The zero-order chi connectivity index (χ0) is 10.3. The third kappa shape index (κ3) is 1.45. The Morgan fingerprint density at radius 3 is 3.00 bits per heavy atom. The van der Waals surface area contributed by atoms with Crippen molar-refractivity contribution < 1.29 is 0 Å². The first kappa shape index (κ1) is 8.68. The van der Waals surface area contributed by atoms with E-state index in [1.165, 1.54) is 20.5 Å². The number of benzene rings is 1. The highest BCUT2D eigenvalue weighted by Crippen LogP contribution is 2.28. The Morgan fingerprint density at radius 1 is 1.27 bits per heavy atom. The van der Waals surface area contributed by atoms with Crippen LogP contribution in [-0.2, 0) is 0 Å². The maximum absolute atomic E-state index is 4.03.